The molecule has 0 fully saturated rings. The fraction of sp³-hybridized carbons (Fsp3) is 0.111. The second-order valence-electron chi connectivity index (χ2n) is 2.83. The van der Waals surface area contributed by atoms with Gasteiger partial charge in [0, 0.05) is 5.56 Å². The average molecular weight is 229 g/mol. The van der Waals surface area contributed by atoms with Gasteiger partial charge in [0.25, 0.3) is 5.78 Å². The number of rotatable bonds is 2. The van der Waals surface area contributed by atoms with Crippen LogP contribution < -0.4 is 9.47 Å². The molecule has 78 valence electrons. The topological polar surface area (TPSA) is 72.8 Å². The molecule has 0 atom stereocenters. The van der Waals surface area contributed by atoms with Crippen LogP contribution in [-0.2, 0) is 4.79 Å². The summed E-state index contributed by atoms with van der Waals surface area (Å²) in [7, 11) is 0. The fourth-order valence-electron chi connectivity index (χ4n) is 1.22. The summed E-state index contributed by atoms with van der Waals surface area (Å²) in [5, 5.41) is 8.67. The molecule has 6 heteroatoms. The quantitative estimate of drug-likeness (QED) is 0.611. The largest absolute Gasteiger partial charge is 0.475 e. The Kier molecular flexibility index (Phi) is 2.24. The van der Waals surface area contributed by atoms with E-state index >= 15 is 0 Å². The van der Waals surface area contributed by atoms with Crippen LogP contribution in [0.2, 0.25) is 5.02 Å². The Morgan fingerprint density at radius 2 is 2.07 bits per heavy atom. The third-order valence-electron chi connectivity index (χ3n) is 1.88. The lowest BCUT2D eigenvalue weighted by atomic mass is 10.1. The zero-order valence-corrected chi connectivity index (χ0v) is 8.08. The van der Waals surface area contributed by atoms with E-state index in [1.807, 2.05) is 0 Å². The van der Waals surface area contributed by atoms with Crippen molar-refractivity contribution in [3.8, 4) is 11.5 Å². The van der Waals surface area contributed by atoms with Crippen LogP contribution in [0.4, 0.5) is 0 Å². The maximum absolute atomic E-state index is 11.1. The van der Waals surface area contributed by atoms with E-state index < -0.39 is 11.8 Å². The summed E-state index contributed by atoms with van der Waals surface area (Å²) in [4.78, 5) is 21.6. The van der Waals surface area contributed by atoms with Crippen LogP contribution in [0.15, 0.2) is 12.1 Å². The van der Waals surface area contributed by atoms with E-state index in [1.165, 1.54) is 12.1 Å². The highest BCUT2D eigenvalue weighted by Crippen LogP contribution is 2.39. The van der Waals surface area contributed by atoms with Gasteiger partial charge in [0.15, 0.2) is 11.5 Å². The number of ether oxygens (including phenoxy) is 2. The number of fused-ring (bicyclic) bond motifs is 1. The zero-order chi connectivity index (χ0) is 11.0. The normalized spacial score (nSPS) is 12.6. The van der Waals surface area contributed by atoms with Crippen molar-refractivity contribution in [1.29, 1.82) is 0 Å². The number of carbonyl (C=O) groups is 2. The van der Waals surface area contributed by atoms with E-state index in [9.17, 15) is 9.59 Å². The number of hydrogen-bond acceptors (Lipinski definition) is 4. The minimum Gasteiger partial charge on any atom is -0.475 e. The van der Waals surface area contributed by atoms with Crippen molar-refractivity contribution >= 4 is 23.4 Å². The molecule has 0 unspecified atom stereocenters. The van der Waals surface area contributed by atoms with E-state index in [2.05, 4.69) is 0 Å². The molecular formula is C9H5ClO5. The number of carboxylic acids is 1. The van der Waals surface area contributed by atoms with E-state index in [1.54, 1.807) is 0 Å². The monoisotopic (exact) mass is 228 g/mol. The number of carbonyl (C=O) groups excluding carboxylic acids is 1. The first-order valence-corrected chi connectivity index (χ1v) is 4.34. The molecule has 0 spiro atoms. The summed E-state index contributed by atoms with van der Waals surface area (Å²) in [6.45, 7) is 0.0137. The number of Topliss-reactive ketones (excluding diaryl/α,β-unsaturated/α-hetero) is 1. The highest BCUT2D eigenvalue weighted by molar-refractivity contribution is 6.41. The van der Waals surface area contributed by atoms with Crippen molar-refractivity contribution in [3.63, 3.8) is 0 Å². The third kappa shape index (κ3) is 1.61. The second kappa shape index (κ2) is 3.43. The average Bonchev–Trinajstić information content (AvgIpc) is 2.64. The first-order chi connectivity index (χ1) is 7.09. The lowest BCUT2D eigenvalue weighted by Gasteiger charge is -2.01. The van der Waals surface area contributed by atoms with Crippen LogP contribution in [0.25, 0.3) is 0 Å². The Hall–Kier alpha value is -1.75. The summed E-state index contributed by atoms with van der Waals surface area (Å²) in [6, 6.07) is 2.54. The van der Waals surface area contributed by atoms with Gasteiger partial charge in [-0.3, -0.25) is 4.79 Å². The van der Waals surface area contributed by atoms with Gasteiger partial charge in [-0.15, -0.1) is 0 Å². The Bertz CT molecular complexity index is 454. The third-order valence-corrected chi connectivity index (χ3v) is 2.16. The molecule has 1 aromatic carbocycles. The lowest BCUT2D eigenvalue weighted by molar-refractivity contribution is -0.131. The van der Waals surface area contributed by atoms with E-state index in [0.717, 1.165) is 0 Å². The number of carboxylic acid groups (broad SMARTS) is 1. The number of halogens is 1. The van der Waals surface area contributed by atoms with Gasteiger partial charge in [-0.25, -0.2) is 4.79 Å². The maximum Gasteiger partial charge on any atom is 0.377 e. The van der Waals surface area contributed by atoms with E-state index in [-0.39, 0.29) is 23.1 Å². The van der Waals surface area contributed by atoms with Crippen LogP contribution >= 0.6 is 11.6 Å². The van der Waals surface area contributed by atoms with Crippen molar-refractivity contribution in [3.05, 3.63) is 22.7 Å². The molecule has 1 aliphatic heterocycles. The Morgan fingerprint density at radius 1 is 1.33 bits per heavy atom. The number of benzene rings is 1. The molecule has 1 heterocycles. The molecule has 2 rings (SSSR count). The van der Waals surface area contributed by atoms with Crippen molar-refractivity contribution in [1.82, 2.24) is 0 Å². The molecule has 0 saturated carbocycles. The second-order valence-corrected chi connectivity index (χ2v) is 3.23. The molecule has 5 nitrogen and oxygen atoms in total. The van der Waals surface area contributed by atoms with Crippen molar-refractivity contribution in [2.75, 3.05) is 6.79 Å². The standard InChI is InChI=1S/C9H5ClO5/c10-5-1-4(7(11)9(12)13)2-6-8(5)15-3-14-6/h1-2H,3H2,(H,12,13). The highest BCUT2D eigenvalue weighted by Gasteiger charge is 2.23. The smallest absolute Gasteiger partial charge is 0.377 e. The molecule has 1 N–H and O–H groups in total. The Labute approximate surface area is 89.2 Å². The zero-order valence-electron chi connectivity index (χ0n) is 7.32. The molecule has 1 aliphatic rings. The summed E-state index contributed by atoms with van der Waals surface area (Å²) in [5.41, 5.74) is -0.0308. The molecule has 0 bridgehead atoms. The van der Waals surface area contributed by atoms with Gasteiger partial charge in [-0.2, -0.15) is 0 Å². The van der Waals surface area contributed by atoms with E-state index in [4.69, 9.17) is 26.2 Å². The predicted octanol–water partition coefficient (Wildman–Crippen LogP) is 1.34. The Balaban J connectivity index is 2.48. The maximum atomic E-state index is 11.1. The molecular weight excluding hydrogens is 224 g/mol. The lowest BCUT2D eigenvalue weighted by Crippen LogP contribution is -2.12. The summed E-state index contributed by atoms with van der Waals surface area (Å²) in [6.07, 6.45) is 0. The van der Waals surface area contributed by atoms with Crippen LogP contribution in [0, 0.1) is 0 Å². The predicted molar refractivity (Wildman–Crippen MR) is 49.5 cm³/mol. The minimum absolute atomic E-state index is 0.0137. The highest BCUT2D eigenvalue weighted by atomic mass is 35.5. The molecule has 0 aliphatic carbocycles. The minimum atomic E-state index is -1.54. The molecule has 0 aromatic heterocycles. The van der Waals surface area contributed by atoms with Gasteiger partial charge in [0.1, 0.15) is 0 Å². The van der Waals surface area contributed by atoms with Gasteiger partial charge in [0.2, 0.25) is 6.79 Å². The molecule has 15 heavy (non-hydrogen) atoms. The van der Waals surface area contributed by atoms with Gasteiger partial charge in [-0.05, 0) is 12.1 Å². The number of ketones is 1. The van der Waals surface area contributed by atoms with Crippen LogP contribution in [0.3, 0.4) is 0 Å². The van der Waals surface area contributed by atoms with Gasteiger partial charge >= 0.3 is 5.97 Å². The molecule has 1 aromatic rings. The molecule has 0 saturated heterocycles. The first-order valence-electron chi connectivity index (χ1n) is 3.96. The van der Waals surface area contributed by atoms with Crippen molar-refractivity contribution in [2.24, 2.45) is 0 Å². The Morgan fingerprint density at radius 3 is 2.73 bits per heavy atom. The van der Waals surface area contributed by atoms with Crippen molar-refractivity contribution < 1.29 is 24.2 Å². The van der Waals surface area contributed by atoms with E-state index in [0.29, 0.717) is 5.75 Å². The number of hydrogen-bond donors (Lipinski definition) is 1. The van der Waals surface area contributed by atoms with Crippen LogP contribution in [-0.4, -0.2) is 23.7 Å². The summed E-state index contributed by atoms with van der Waals surface area (Å²) < 4.78 is 10.0. The van der Waals surface area contributed by atoms with Gasteiger partial charge in [0.05, 0.1) is 5.02 Å². The molecule has 0 radical (unpaired) electrons. The van der Waals surface area contributed by atoms with Crippen molar-refractivity contribution in [2.45, 2.75) is 0 Å². The van der Waals surface area contributed by atoms with Gasteiger partial charge in [-0.1, -0.05) is 11.6 Å². The number of aliphatic carboxylic acids is 1. The first kappa shape index (κ1) is 9.79. The summed E-state index contributed by atoms with van der Waals surface area (Å²) in [5.74, 6) is -1.95. The van der Waals surface area contributed by atoms with Crippen LogP contribution in [0.1, 0.15) is 10.4 Å². The SMILES string of the molecule is O=C(O)C(=O)c1cc(Cl)c2c(c1)OCO2. The fourth-order valence-corrected chi connectivity index (χ4v) is 1.49. The summed E-state index contributed by atoms with van der Waals surface area (Å²) >= 11 is 5.77. The molecule has 0 amide bonds. The van der Waals surface area contributed by atoms with Crippen LogP contribution in [0.5, 0.6) is 11.5 Å². The van der Waals surface area contributed by atoms with Gasteiger partial charge < -0.3 is 14.6 Å².